The molecule has 90 valence electrons. The van der Waals surface area contributed by atoms with Crippen molar-refractivity contribution in [2.75, 3.05) is 30.6 Å². The average Bonchev–Trinajstić information content (AvgIpc) is 2.25. The lowest BCUT2D eigenvalue weighted by molar-refractivity contribution is -0.122. The summed E-state index contributed by atoms with van der Waals surface area (Å²) in [7, 11) is 0. The molecule has 5 heteroatoms. The van der Waals surface area contributed by atoms with Gasteiger partial charge in [0.1, 0.15) is 0 Å². The number of hydrogen-bond acceptors (Lipinski definition) is 4. The van der Waals surface area contributed by atoms with Gasteiger partial charge in [-0.3, -0.25) is 4.79 Å². The molecule has 0 aliphatic carbocycles. The molecule has 0 heterocycles. The summed E-state index contributed by atoms with van der Waals surface area (Å²) in [5.74, 6) is 2.10. The van der Waals surface area contributed by atoms with E-state index in [1.54, 1.807) is 11.8 Å². The predicted octanol–water partition coefficient (Wildman–Crippen LogP) is 1.33. The largest absolute Gasteiger partial charge is 0.355 e. The molecule has 0 fully saturated rings. The number of unbranched alkanes of at least 4 members (excludes halogenated alkanes) is 1. The average molecular weight is 250 g/mol. The molecule has 1 amide bonds. The Labute approximate surface area is 101 Å². The van der Waals surface area contributed by atoms with E-state index in [0.29, 0.717) is 0 Å². The van der Waals surface area contributed by atoms with Gasteiger partial charge in [0.2, 0.25) is 5.91 Å². The van der Waals surface area contributed by atoms with Crippen LogP contribution in [0.1, 0.15) is 19.3 Å². The van der Waals surface area contributed by atoms with Crippen LogP contribution in [0.4, 0.5) is 0 Å². The van der Waals surface area contributed by atoms with E-state index in [-0.39, 0.29) is 11.9 Å². The standard InChI is InChI=1S/C10H22N2OS2/c1-14-7-4-3-6-12-10(13)9(11)5-8-15-2/h9H,3-8,11H2,1-2H3,(H,12,13)/t9-/m1/s1. The van der Waals surface area contributed by atoms with E-state index in [9.17, 15) is 4.79 Å². The second kappa shape index (κ2) is 10.6. The van der Waals surface area contributed by atoms with Gasteiger partial charge >= 0.3 is 0 Å². The summed E-state index contributed by atoms with van der Waals surface area (Å²) in [6.07, 6.45) is 7.07. The number of carbonyl (C=O) groups is 1. The Hall–Kier alpha value is 0.130. The van der Waals surface area contributed by atoms with Crippen molar-refractivity contribution < 1.29 is 4.79 Å². The van der Waals surface area contributed by atoms with Crippen LogP contribution in [0, 0.1) is 0 Å². The summed E-state index contributed by atoms with van der Waals surface area (Å²) < 4.78 is 0. The Kier molecular flexibility index (Phi) is 10.7. The maximum absolute atomic E-state index is 11.4. The molecule has 0 radical (unpaired) electrons. The molecule has 0 unspecified atom stereocenters. The number of thioether (sulfide) groups is 2. The first-order valence-electron chi connectivity index (χ1n) is 5.23. The molecule has 3 nitrogen and oxygen atoms in total. The van der Waals surface area contributed by atoms with Crippen LogP contribution in [0.2, 0.25) is 0 Å². The zero-order valence-corrected chi connectivity index (χ0v) is 11.3. The quantitative estimate of drug-likeness (QED) is 0.606. The third-order valence-corrected chi connectivity index (χ3v) is 3.39. The lowest BCUT2D eigenvalue weighted by Crippen LogP contribution is -2.41. The van der Waals surface area contributed by atoms with Gasteiger partial charge in [-0.1, -0.05) is 0 Å². The SMILES string of the molecule is CSCCCCNC(=O)[C@H](N)CCSC. The molecule has 0 aliphatic rings. The molecule has 0 aromatic carbocycles. The van der Waals surface area contributed by atoms with Crippen molar-refractivity contribution in [2.45, 2.75) is 25.3 Å². The first-order chi connectivity index (χ1) is 7.22. The molecule has 0 aromatic heterocycles. The molecule has 0 rings (SSSR count). The van der Waals surface area contributed by atoms with Gasteiger partial charge in [-0.05, 0) is 43.3 Å². The van der Waals surface area contributed by atoms with Crippen molar-refractivity contribution in [3.05, 3.63) is 0 Å². The molecular formula is C10H22N2OS2. The van der Waals surface area contributed by atoms with Gasteiger partial charge in [0.05, 0.1) is 6.04 Å². The first-order valence-corrected chi connectivity index (χ1v) is 8.02. The third kappa shape index (κ3) is 9.08. The van der Waals surface area contributed by atoms with Crippen molar-refractivity contribution in [1.82, 2.24) is 5.32 Å². The maximum atomic E-state index is 11.4. The summed E-state index contributed by atoms with van der Waals surface area (Å²) in [6, 6.07) is -0.335. The van der Waals surface area contributed by atoms with E-state index in [0.717, 1.165) is 37.3 Å². The van der Waals surface area contributed by atoms with Gasteiger partial charge in [-0.15, -0.1) is 0 Å². The molecule has 0 saturated carbocycles. The van der Waals surface area contributed by atoms with E-state index in [1.807, 2.05) is 18.0 Å². The van der Waals surface area contributed by atoms with Crippen LogP contribution in [0.5, 0.6) is 0 Å². The molecule has 15 heavy (non-hydrogen) atoms. The Balaban J connectivity index is 3.38. The zero-order valence-electron chi connectivity index (χ0n) is 9.62. The number of nitrogens with two attached hydrogens (primary N) is 1. The second-order valence-electron chi connectivity index (χ2n) is 3.38. The van der Waals surface area contributed by atoms with Crippen molar-refractivity contribution in [3.63, 3.8) is 0 Å². The predicted molar refractivity (Wildman–Crippen MR) is 71.6 cm³/mol. The van der Waals surface area contributed by atoms with Crippen LogP contribution >= 0.6 is 23.5 Å². The number of carbonyl (C=O) groups excluding carboxylic acids is 1. The highest BCUT2D eigenvalue weighted by Crippen LogP contribution is 2.00. The summed E-state index contributed by atoms with van der Waals surface area (Å²) in [5.41, 5.74) is 5.71. The zero-order chi connectivity index (χ0) is 11.5. The molecule has 0 aliphatic heterocycles. The summed E-state index contributed by atoms with van der Waals surface area (Å²) in [6.45, 7) is 0.756. The molecular weight excluding hydrogens is 228 g/mol. The van der Waals surface area contributed by atoms with E-state index >= 15 is 0 Å². The summed E-state index contributed by atoms with van der Waals surface area (Å²) >= 11 is 3.56. The highest BCUT2D eigenvalue weighted by atomic mass is 32.2. The molecule has 0 aromatic rings. The van der Waals surface area contributed by atoms with Crippen LogP contribution in [0.25, 0.3) is 0 Å². The van der Waals surface area contributed by atoms with Crippen LogP contribution in [-0.2, 0) is 4.79 Å². The van der Waals surface area contributed by atoms with Gasteiger partial charge in [0, 0.05) is 6.54 Å². The molecule has 0 saturated heterocycles. The molecule has 3 N–H and O–H groups in total. The van der Waals surface area contributed by atoms with E-state index in [1.165, 1.54) is 0 Å². The van der Waals surface area contributed by atoms with E-state index in [2.05, 4.69) is 11.6 Å². The van der Waals surface area contributed by atoms with Gasteiger partial charge in [0.25, 0.3) is 0 Å². The highest BCUT2D eigenvalue weighted by Gasteiger charge is 2.11. The minimum atomic E-state index is -0.335. The van der Waals surface area contributed by atoms with Gasteiger partial charge < -0.3 is 11.1 Å². The Morgan fingerprint density at radius 3 is 2.53 bits per heavy atom. The van der Waals surface area contributed by atoms with E-state index in [4.69, 9.17) is 5.73 Å². The van der Waals surface area contributed by atoms with Crippen LogP contribution in [0.15, 0.2) is 0 Å². The maximum Gasteiger partial charge on any atom is 0.236 e. The Morgan fingerprint density at radius 2 is 1.93 bits per heavy atom. The second-order valence-corrected chi connectivity index (χ2v) is 5.35. The van der Waals surface area contributed by atoms with Gasteiger partial charge in [-0.2, -0.15) is 23.5 Å². The lowest BCUT2D eigenvalue weighted by atomic mass is 10.2. The topological polar surface area (TPSA) is 55.1 Å². The highest BCUT2D eigenvalue weighted by molar-refractivity contribution is 7.98. The third-order valence-electron chi connectivity index (χ3n) is 2.04. The van der Waals surface area contributed by atoms with Crippen molar-refractivity contribution >= 4 is 29.4 Å². The molecule has 1 atom stereocenters. The lowest BCUT2D eigenvalue weighted by Gasteiger charge is -2.11. The van der Waals surface area contributed by atoms with Crippen molar-refractivity contribution in [2.24, 2.45) is 5.73 Å². The van der Waals surface area contributed by atoms with Crippen LogP contribution in [0.3, 0.4) is 0 Å². The number of rotatable bonds is 9. The Bertz CT molecular complexity index is 168. The first kappa shape index (κ1) is 15.1. The number of hydrogen-bond donors (Lipinski definition) is 2. The Morgan fingerprint density at radius 1 is 1.27 bits per heavy atom. The fraction of sp³-hybridized carbons (Fsp3) is 0.900. The minimum Gasteiger partial charge on any atom is -0.355 e. The normalized spacial score (nSPS) is 12.5. The van der Waals surface area contributed by atoms with Crippen molar-refractivity contribution in [3.8, 4) is 0 Å². The minimum absolute atomic E-state index is 0.00629. The van der Waals surface area contributed by atoms with Crippen LogP contribution < -0.4 is 11.1 Å². The van der Waals surface area contributed by atoms with E-state index < -0.39 is 0 Å². The smallest absolute Gasteiger partial charge is 0.236 e. The fourth-order valence-electron chi connectivity index (χ4n) is 1.09. The van der Waals surface area contributed by atoms with Gasteiger partial charge in [-0.25, -0.2) is 0 Å². The fourth-order valence-corrected chi connectivity index (χ4v) is 2.07. The number of nitrogens with one attached hydrogen (secondary N) is 1. The monoisotopic (exact) mass is 250 g/mol. The molecule has 0 bridgehead atoms. The summed E-state index contributed by atoms with van der Waals surface area (Å²) in [5, 5.41) is 2.87. The van der Waals surface area contributed by atoms with Crippen LogP contribution in [-0.4, -0.2) is 42.5 Å². The summed E-state index contributed by atoms with van der Waals surface area (Å²) in [4.78, 5) is 11.4. The van der Waals surface area contributed by atoms with Crippen molar-refractivity contribution in [1.29, 1.82) is 0 Å². The number of amides is 1. The molecule has 0 spiro atoms. The van der Waals surface area contributed by atoms with Gasteiger partial charge in [0.15, 0.2) is 0 Å².